The lowest BCUT2D eigenvalue weighted by Gasteiger charge is -2.30. The molecule has 0 unspecified atom stereocenters. The normalized spacial score (nSPS) is 12.8. The first-order valence-corrected chi connectivity index (χ1v) is 6.75. The Balaban J connectivity index is 2.63. The number of nitrogens with two attached hydrogens (primary N) is 1. The minimum atomic E-state index is 0.149. The van der Waals surface area contributed by atoms with Crippen LogP contribution < -0.4 is 11.1 Å². The van der Waals surface area contributed by atoms with E-state index in [0.717, 1.165) is 13.1 Å². The summed E-state index contributed by atoms with van der Waals surface area (Å²) in [5, 5.41) is 3.56. The summed E-state index contributed by atoms with van der Waals surface area (Å²) in [5.74, 6) is 0. The maximum Gasteiger partial charge on any atom is 0.00435 e. The van der Waals surface area contributed by atoms with Gasteiger partial charge in [0.1, 0.15) is 0 Å². The lowest BCUT2D eigenvalue weighted by atomic mass is 9.81. The summed E-state index contributed by atoms with van der Waals surface area (Å²) in [7, 11) is 0. The van der Waals surface area contributed by atoms with Crippen LogP contribution in [-0.2, 0) is 5.41 Å². The summed E-state index contributed by atoms with van der Waals surface area (Å²) in [6.45, 7) is 13.8. The summed E-state index contributed by atoms with van der Waals surface area (Å²) < 4.78 is 0. The van der Waals surface area contributed by atoms with Gasteiger partial charge >= 0.3 is 0 Å². The predicted octanol–water partition coefficient (Wildman–Crippen LogP) is 2.85. The quantitative estimate of drug-likeness (QED) is 0.812. The molecule has 0 bridgehead atoms. The topological polar surface area (TPSA) is 38.0 Å². The van der Waals surface area contributed by atoms with Crippen LogP contribution in [0.5, 0.6) is 0 Å². The highest BCUT2D eigenvalue weighted by Crippen LogP contribution is 2.25. The van der Waals surface area contributed by atoms with E-state index in [2.05, 4.69) is 64.2 Å². The fourth-order valence-electron chi connectivity index (χ4n) is 2.21. The van der Waals surface area contributed by atoms with Gasteiger partial charge in [0, 0.05) is 18.5 Å². The zero-order chi connectivity index (χ0) is 13.8. The molecular weight excluding hydrogens is 220 g/mol. The SMILES string of the molecule is Cc1ccccc1C(C)(C)CNCC(C)(C)CN. The molecule has 1 aromatic carbocycles. The lowest BCUT2D eigenvalue weighted by molar-refractivity contribution is 0.332. The van der Waals surface area contributed by atoms with E-state index in [1.807, 2.05) is 0 Å². The van der Waals surface area contributed by atoms with Crippen LogP contribution in [0.2, 0.25) is 0 Å². The third kappa shape index (κ3) is 4.11. The number of aryl methyl sites for hydroxylation is 1. The summed E-state index contributed by atoms with van der Waals surface area (Å²) in [5.41, 5.74) is 8.85. The third-order valence-electron chi connectivity index (χ3n) is 3.60. The molecule has 2 heteroatoms. The van der Waals surface area contributed by atoms with Crippen molar-refractivity contribution >= 4 is 0 Å². The third-order valence-corrected chi connectivity index (χ3v) is 3.60. The number of nitrogens with one attached hydrogen (secondary N) is 1. The van der Waals surface area contributed by atoms with Gasteiger partial charge in [-0.3, -0.25) is 0 Å². The van der Waals surface area contributed by atoms with Crippen LogP contribution in [0.4, 0.5) is 0 Å². The van der Waals surface area contributed by atoms with Crippen molar-refractivity contribution in [3.63, 3.8) is 0 Å². The fourth-order valence-corrected chi connectivity index (χ4v) is 2.21. The molecule has 0 saturated carbocycles. The molecule has 18 heavy (non-hydrogen) atoms. The highest BCUT2D eigenvalue weighted by atomic mass is 14.9. The highest BCUT2D eigenvalue weighted by molar-refractivity contribution is 5.32. The second-order valence-electron chi connectivity index (χ2n) is 6.67. The lowest BCUT2D eigenvalue weighted by Crippen LogP contribution is -2.41. The van der Waals surface area contributed by atoms with E-state index in [1.54, 1.807) is 0 Å². The molecule has 2 nitrogen and oxygen atoms in total. The van der Waals surface area contributed by atoms with Gasteiger partial charge in [-0.2, -0.15) is 0 Å². The molecule has 3 N–H and O–H groups in total. The Kier molecular flexibility index (Phi) is 4.94. The first-order valence-electron chi connectivity index (χ1n) is 6.75. The number of hydrogen-bond acceptors (Lipinski definition) is 2. The second-order valence-corrected chi connectivity index (χ2v) is 6.67. The first-order chi connectivity index (χ1) is 8.28. The van der Waals surface area contributed by atoms with Crippen LogP contribution in [0.15, 0.2) is 24.3 Å². The van der Waals surface area contributed by atoms with Crippen LogP contribution >= 0.6 is 0 Å². The minimum Gasteiger partial charge on any atom is -0.330 e. The van der Waals surface area contributed by atoms with Gasteiger partial charge in [-0.25, -0.2) is 0 Å². The van der Waals surface area contributed by atoms with E-state index >= 15 is 0 Å². The molecule has 0 atom stereocenters. The Labute approximate surface area is 112 Å². The molecule has 102 valence electrons. The molecular formula is C16H28N2. The smallest absolute Gasteiger partial charge is 0.00435 e. The highest BCUT2D eigenvalue weighted by Gasteiger charge is 2.23. The molecule has 1 rings (SSSR count). The van der Waals surface area contributed by atoms with Gasteiger partial charge in [-0.15, -0.1) is 0 Å². The van der Waals surface area contributed by atoms with E-state index < -0.39 is 0 Å². The Hall–Kier alpha value is -0.860. The summed E-state index contributed by atoms with van der Waals surface area (Å²) in [6.07, 6.45) is 0. The molecule has 0 aromatic heterocycles. The Bertz CT molecular complexity index is 380. The fraction of sp³-hybridized carbons (Fsp3) is 0.625. The molecule has 0 aliphatic heterocycles. The van der Waals surface area contributed by atoms with Crippen LogP contribution in [0.25, 0.3) is 0 Å². The van der Waals surface area contributed by atoms with Gasteiger partial charge in [-0.05, 0) is 30.0 Å². The van der Waals surface area contributed by atoms with Crippen LogP contribution in [0.1, 0.15) is 38.8 Å². The van der Waals surface area contributed by atoms with Crippen molar-refractivity contribution in [2.75, 3.05) is 19.6 Å². The standard InChI is InChI=1S/C16H28N2/c1-13-8-6-7-9-14(13)16(4,5)12-18-11-15(2,3)10-17/h6-9,18H,10-12,17H2,1-5H3. The average Bonchev–Trinajstić information content (AvgIpc) is 2.29. The largest absolute Gasteiger partial charge is 0.330 e. The van der Waals surface area contributed by atoms with Crippen molar-refractivity contribution < 1.29 is 0 Å². The van der Waals surface area contributed by atoms with E-state index in [0.29, 0.717) is 6.54 Å². The van der Waals surface area contributed by atoms with E-state index in [1.165, 1.54) is 11.1 Å². The minimum absolute atomic E-state index is 0.149. The Morgan fingerprint density at radius 1 is 1.06 bits per heavy atom. The van der Waals surface area contributed by atoms with Crippen molar-refractivity contribution in [1.82, 2.24) is 5.32 Å². The van der Waals surface area contributed by atoms with Crippen LogP contribution in [0, 0.1) is 12.3 Å². The van der Waals surface area contributed by atoms with E-state index in [9.17, 15) is 0 Å². The van der Waals surface area contributed by atoms with Crippen LogP contribution in [0.3, 0.4) is 0 Å². The average molecular weight is 248 g/mol. The molecule has 0 heterocycles. The Morgan fingerprint density at radius 3 is 2.22 bits per heavy atom. The monoisotopic (exact) mass is 248 g/mol. The predicted molar refractivity (Wildman–Crippen MR) is 79.9 cm³/mol. The maximum atomic E-state index is 5.75. The van der Waals surface area contributed by atoms with Gasteiger partial charge in [0.05, 0.1) is 0 Å². The summed E-state index contributed by atoms with van der Waals surface area (Å²) in [6, 6.07) is 8.62. The van der Waals surface area contributed by atoms with E-state index in [4.69, 9.17) is 5.73 Å². The zero-order valence-corrected chi connectivity index (χ0v) is 12.5. The van der Waals surface area contributed by atoms with Gasteiger partial charge in [-0.1, -0.05) is 52.0 Å². The van der Waals surface area contributed by atoms with Crippen LogP contribution in [-0.4, -0.2) is 19.6 Å². The first kappa shape index (κ1) is 15.2. The number of benzene rings is 1. The van der Waals surface area contributed by atoms with Crippen molar-refractivity contribution in [3.8, 4) is 0 Å². The molecule has 1 aromatic rings. The molecule has 0 radical (unpaired) electrons. The Morgan fingerprint density at radius 2 is 1.67 bits per heavy atom. The second kappa shape index (κ2) is 5.85. The number of hydrogen-bond donors (Lipinski definition) is 2. The van der Waals surface area contributed by atoms with E-state index in [-0.39, 0.29) is 10.8 Å². The van der Waals surface area contributed by atoms with Crippen molar-refractivity contribution in [1.29, 1.82) is 0 Å². The molecule has 0 saturated heterocycles. The molecule has 0 spiro atoms. The molecule has 0 aliphatic rings. The van der Waals surface area contributed by atoms with Gasteiger partial charge in [0.2, 0.25) is 0 Å². The summed E-state index contributed by atoms with van der Waals surface area (Å²) >= 11 is 0. The zero-order valence-electron chi connectivity index (χ0n) is 12.5. The number of rotatable bonds is 6. The van der Waals surface area contributed by atoms with Gasteiger partial charge < -0.3 is 11.1 Å². The van der Waals surface area contributed by atoms with Gasteiger partial charge in [0.15, 0.2) is 0 Å². The molecule has 0 fully saturated rings. The van der Waals surface area contributed by atoms with Gasteiger partial charge in [0.25, 0.3) is 0 Å². The van der Waals surface area contributed by atoms with Crippen molar-refractivity contribution in [2.45, 2.75) is 40.0 Å². The maximum absolute atomic E-state index is 5.75. The molecule has 0 amide bonds. The van der Waals surface area contributed by atoms with Crippen molar-refractivity contribution in [2.24, 2.45) is 11.1 Å². The van der Waals surface area contributed by atoms with Crippen molar-refractivity contribution in [3.05, 3.63) is 35.4 Å². The summed E-state index contributed by atoms with van der Waals surface area (Å²) in [4.78, 5) is 0. The molecule has 0 aliphatic carbocycles.